The van der Waals surface area contributed by atoms with Crippen LogP contribution in [0, 0.1) is 0 Å². The smallest absolute Gasteiger partial charge is 0.243 e. The van der Waals surface area contributed by atoms with E-state index in [1.807, 2.05) is 0 Å². The molecule has 3 N–H and O–H groups in total. The third kappa shape index (κ3) is 8.18. The van der Waals surface area contributed by atoms with E-state index in [1.165, 1.54) is 7.11 Å². The second-order valence-electron chi connectivity index (χ2n) is 4.56. The summed E-state index contributed by atoms with van der Waals surface area (Å²) >= 11 is 0. The van der Waals surface area contributed by atoms with Crippen LogP contribution >= 0.6 is 12.4 Å². The van der Waals surface area contributed by atoms with Crippen LogP contribution < -0.4 is 15.8 Å². The number of sulfone groups is 1. The Labute approximate surface area is 136 Å². The van der Waals surface area contributed by atoms with Gasteiger partial charge in [0.05, 0.1) is 12.4 Å². The van der Waals surface area contributed by atoms with Crippen LogP contribution in [0.15, 0.2) is 24.3 Å². The molecule has 0 bridgehead atoms. The van der Waals surface area contributed by atoms with Gasteiger partial charge in [0, 0.05) is 25.1 Å². The normalized spacial score (nSPS) is 12.1. The van der Waals surface area contributed by atoms with Crippen LogP contribution in [-0.4, -0.2) is 52.7 Å². The number of methoxy groups -OCH3 is 1. The lowest BCUT2D eigenvalue weighted by molar-refractivity contribution is -0.118. The molecule has 1 atom stereocenters. The molecule has 0 aromatic heterocycles. The van der Waals surface area contributed by atoms with Gasteiger partial charge in [0.15, 0.2) is 9.84 Å². The molecule has 7 nitrogen and oxygen atoms in total. The van der Waals surface area contributed by atoms with Crippen LogP contribution in [0.5, 0.6) is 5.75 Å². The summed E-state index contributed by atoms with van der Waals surface area (Å²) in [5, 5.41) is 2.63. The highest BCUT2D eigenvalue weighted by Crippen LogP contribution is 2.17. The Balaban J connectivity index is 0.00000441. The van der Waals surface area contributed by atoms with Crippen LogP contribution in [0.25, 0.3) is 0 Å². The third-order valence-corrected chi connectivity index (χ3v) is 3.42. The Hall–Kier alpha value is -1.35. The third-order valence-electron chi connectivity index (χ3n) is 2.51. The highest BCUT2D eigenvalue weighted by molar-refractivity contribution is 7.90. The van der Waals surface area contributed by atoms with Crippen molar-refractivity contribution in [2.24, 2.45) is 5.73 Å². The van der Waals surface area contributed by atoms with Gasteiger partial charge in [-0.2, -0.15) is 0 Å². The summed E-state index contributed by atoms with van der Waals surface area (Å²) < 4.78 is 32.1. The predicted molar refractivity (Wildman–Crippen MR) is 87.4 cm³/mol. The number of nitrogens with two attached hydrogens (primary N) is 1. The van der Waals surface area contributed by atoms with Crippen molar-refractivity contribution in [3.05, 3.63) is 24.3 Å². The van der Waals surface area contributed by atoms with Crippen molar-refractivity contribution in [1.82, 2.24) is 0 Å². The molecular formula is C13H21ClN2O5S. The highest BCUT2D eigenvalue weighted by atomic mass is 35.5. The predicted octanol–water partition coefficient (Wildman–Crippen LogP) is 0.444. The van der Waals surface area contributed by atoms with E-state index in [4.69, 9.17) is 15.2 Å². The lowest BCUT2D eigenvalue weighted by atomic mass is 10.2. The molecule has 0 saturated heterocycles. The molecule has 9 heteroatoms. The van der Waals surface area contributed by atoms with Gasteiger partial charge in [-0.05, 0) is 12.1 Å². The largest absolute Gasteiger partial charge is 0.492 e. The van der Waals surface area contributed by atoms with E-state index in [2.05, 4.69) is 5.32 Å². The Morgan fingerprint density at radius 1 is 1.41 bits per heavy atom. The zero-order valence-corrected chi connectivity index (χ0v) is 14.1. The quantitative estimate of drug-likeness (QED) is 0.703. The standard InChI is InChI=1S/C13H20N2O5S.ClH/c1-19-9-12(14)13(16)15-10-4-3-5-11(8-10)20-6-7-21(2,17)18;/h3-5,8,12H,6-7,9,14H2,1-2H3,(H,15,16);1H. The van der Waals surface area contributed by atoms with E-state index in [0.717, 1.165) is 6.26 Å². The van der Waals surface area contributed by atoms with Crippen molar-refractivity contribution < 1.29 is 22.7 Å². The van der Waals surface area contributed by atoms with Crippen LogP contribution in [0.2, 0.25) is 0 Å². The summed E-state index contributed by atoms with van der Waals surface area (Å²) in [7, 11) is -1.60. The minimum absolute atomic E-state index is 0. The number of benzene rings is 1. The molecule has 0 fully saturated rings. The summed E-state index contributed by atoms with van der Waals surface area (Å²) in [6.07, 6.45) is 1.14. The number of halogens is 1. The first kappa shape index (κ1) is 20.6. The molecule has 22 heavy (non-hydrogen) atoms. The fourth-order valence-electron chi connectivity index (χ4n) is 1.46. The second kappa shape index (κ2) is 9.62. The summed E-state index contributed by atoms with van der Waals surface area (Å²) in [5.41, 5.74) is 6.12. The summed E-state index contributed by atoms with van der Waals surface area (Å²) in [4.78, 5) is 11.7. The Bertz CT molecular complexity index is 580. The summed E-state index contributed by atoms with van der Waals surface area (Å²) in [6, 6.07) is 5.88. The first-order valence-corrected chi connectivity index (χ1v) is 8.34. The molecule has 1 aromatic carbocycles. The molecule has 1 unspecified atom stereocenters. The number of hydrogen-bond acceptors (Lipinski definition) is 6. The Morgan fingerprint density at radius 3 is 2.68 bits per heavy atom. The number of nitrogens with one attached hydrogen (secondary N) is 1. The average molecular weight is 353 g/mol. The number of amides is 1. The Kier molecular flexibility index (Phi) is 9.03. The highest BCUT2D eigenvalue weighted by Gasteiger charge is 2.13. The lowest BCUT2D eigenvalue weighted by Gasteiger charge is -2.12. The van der Waals surface area contributed by atoms with Crippen molar-refractivity contribution in [3.8, 4) is 5.75 Å². The topological polar surface area (TPSA) is 108 Å². The van der Waals surface area contributed by atoms with E-state index >= 15 is 0 Å². The van der Waals surface area contributed by atoms with E-state index in [0.29, 0.717) is 11.4 Å². The molecule has 1 amide bonds. The van der Waals surface area contributed by atoms with Crippen LogP contribution in [0.3, 0.4) is 0 Å². The van der Waals surface area contributed by atoms with E-state index in [9.17, 15) is 13.2 Å². The number of anilines is 1. The van der Waals surface area contributed by atoms with Crippen molar-refractivity contribution in [2.75, 3.05) is 37.6 Å². The van der Waals surface area contributed by atoms with Gasteiger partial charge in [0.1, 0.15) is 18.4 Å². The first-order valence-electron chi connectivity index (χ1n) is 6.28. The molecule has 0 aliphatic heterocycles. The van der Waals surface area contributed by atoms with Crippen molar-refractivity contribution in [3.63, 3.8) is 0 Å². The molecule has 1 aromatic rings. The SMILES string of the molecule is COCC(N)C(=O)Nc1cccc(OCCS(C)(=O)=O)c1.Cl. The van der Waals surface area contributed by atoms with Gasteiger partial charge >= 0.3 is 0 Å². The van der Waals surface area contributed by atoms with Gasteiger partial charge in [-0.1, -0.05) is 6.07 Å². The zero-order valence-electron chi connectivity index (χ0n) is 12.4. The second-order valence-corrected chi connectivity index (χ2v) is 6.82. The summed E-state index contributed by atoms with van der Waals surface area (Å²) in [5.74, 6) is 0.0318. The maximum Gasteiger partial charge on any atom is 0.243 e. The number of rotatable bonds is 8. The van der Waals surface area contributed by atoms with Crippen molar-refractivity contribution in [2.45, 2.75) is 6.04 Å². The molecule has 0 heterocycles. The molecule has 0 aliphatic rings. The number of hydrogen-bond donors (Lipinski definition) is 2. The fourth-order valence-corrected chi connectivity index (χ4v) is 1.85. The maximum atomic E-state index is 11.7. The monoisotopic (exact) mass is 352 g/mol. The first-order chi connectivity index (χ1) is 9.81. The Morgan fingerprint density at radius 2 is 2.09 bits per heavy atom. The molecule has 0 saturated carbocycles. The van der Waals surface area contributed by atoms with E-state index in [1.54, 1.807) is 24.3 Å². The lowest BCUT2D eigenvalue weighted by Crippen LogP contribution is -2.39. The van der Waals surface area contributed by atoms with Crippen LogP contribution in [0.4, 0.5) is 5.69 Å². The fraction of sp³-hybridized carbons (Fsp3) is 0.462. The molecule has 0 radical (unpaired) electrons. The minimum atomic E-state index is -3.07. The number of carbonyl (C=O) groups excluding carboxylic acids is 1. The summed E-state index contributed by atoms with van der Waals surface area (Å²) in [6.45, 7) is 0.176. The zero-order chi connectivity index (χ0) is 15.9. The van der Waals surface area contributed by atoms with Gasteiger partial charge < -0.3 is 20.5 Å². The minimum Gasteiger partial charge on any atom is -0.492 e. The van der Waals surface area contributed by atoms with Gasteiger partial charge in [0.25, 0.3) is 0 Å². The molecular weight excluding hydrogens is 332 g/mol. The van der Waals surface area contributed by atoms with Gasteiger partial charge in [-0.15, -0.1) is 12.4 Å². The van der Waals surface area contributed by atoms with Gasteiger partial charge in [-0.3, -0.25) is 4.79 Å². The van der Waals surface area contributed by atoms with Gasteiger partial charge in [-0.25, -0.2) is 8.42 Å². The van der Waals surface area contributed by atoms with Crippen LogP contribution in [0.1, 0.15) is 0 Å². The average Bonchev–Trinajstić information content (AvgIpc) is 2.38. The maximum absolute atomic E-state index is 11.7. The molecule has 126 valence electrons. The van der Waals surface area contributed by atoms with Crippen LogP contribution in [-0.2, 0) is 19.4 Å². The van der Waals surface area contributed by atoms with Crippen molar-refractivity contribution >= 4 is 33.8 Å². The van der Waals surface area contributed by atoms with Gasteiger partial charge in [0.2, 0.25) is 5.91 Å². The number of carbonyl (C=O) groups is 1. The van der Waals surface area contributed by atoms with E-state index in [-0.39, 0.29) is 37.3 Å². The van der Waals surface area contributed by atoms with E-state index < -0.39 is 15.9 Å². The number of ether oxygens (including phenoxy) is 2. The molecule has 0 spiro atoms. The molecule has 0 aliphatic carbocycles. The van der Waals surface area contributed by atoms with Crippen molar-refractivity contribution in [1.29, 1.82) is 0 Å². The molecule has 1 rings (SSSR count).